The van der Waals surface area contributed by atoms with Gasteiger partial charge < -0.3 is 20.3 Å². The van der Waals surface area contributed by atoms with Crippen molar-refractivity contribution in [3.05, 3.63) is 72.9 Å². The molecule has 0 bridgehead atoms. The van der Waals surface area contributed by atoms with Crippen LogP contribution in [-0.4, -0.2) is 46.9 Å². The highest BCUT2D eigenvalue weighted by molar-refractivity contribution is 5.77. The van der Waals surface area contributed by atoms with Crippen LogP contribution in [-0.2, 0) is 14.3 Å². The van der Waals surface area contributed by atoms with E-state index in [-0.39, 0.29) is 24.9 Å². The predicted molar refractivity (Wildman–Crippen MR) is 222 cm³/mol. The Balaban J connectivity index is 4.64. The van der Waals surface area contributed by atoms with Gasteiger partial charge in [0.1, 0.15) is 6.10 Å². The summed E-state index contributed by atoms with van der Waals surface area (Å²) in [5, 5.41) is 23.5. The molecule has 0 radical (unpaired) electrons. The lowest BCUT2D eigenvalue weighted by Crippen LogP contribution is -2.46. The first kappa shape index (κ1) is 49.3. The van der Waals surface area contributed by atoms with Crippen LogP contribution in [0.15, 0.2) is 72.9 Å². The molecule has 0 spiro atoms. The monoisotopic (exact) mass is 726 g/mol. The molecule has 3 unspecified atom stereocenters. The van der Waals surface area contributed by atoms with E-state index >= 15 is 0 Å². The van der Waals surface area contributed by atoms with E-state index in [9.17, 15) is 19.8 Å². The van der Waals surface area contributed by atoms with Crippen LogP contribution in [0, 0.1) is 0 Å². The van der Waals surface area contributed by atoms with Gasteiger partial charge in [-0.15, -0.1) is 0 Å². The molecule has 0 aromatic heterocycles. The van der Waals surface area contributed by atoms with Crippen molar-refractivity contribution in [2.24, 2.45) is 0 Å². The van der Waals surface area contributed by atoms with Gasteiger partial charge in [-0.05, 0) is 64.2 Å². The number of ether oxygens (including phenoxy) is 1. The van der Waals surface area contributed by atoms with E-state index in [1.165, 1.54) is 44.9 Å². The minimum Gasteiger partial charge on any atom is -0.462 e. The van der Waals surface area contributed by atoms with E-state index in [1.807, 2.05) is 42.5 Å². The van der Waals surface area contributed by atoms with Crippen LogP contribution in [0.25, 0.3) is 0 Å². The first-order valence-corrected chi connectivity index (χ1v) is 21.2. The Hall–Kier alpha value is -2.70. The third-order valence-corrected chi connectivity index (χ3v) is 9.13. The smallest absolute Gasteiger partial charge is 0.306 e. The van der Waals surface area contributed by atoms with Gasteiger partial charge in [-0.25, -0.2) is 0 Å². The first-order valence-electron chi connectivity index (χ1n) is 21.2. The highest BCUT2D eigenvalue weighted by Gasteiger charge is 2.24. The first-order chi connectivity index (χ1) is 25.5. The maximum Gasteiger partial charge on any atom is 0.306 e. The Morgan fingerprint density at radius 2 is 1.10 bits per heavy atom. The molecule has 3 atom stereocenters. The molecule has 0 fully saturated rings. The number of hydrogen-bond acceptors (Lipinski definition) is 5. The van der Waals surface area contributed by atoms with E-state index in [1.54, 1.807) is 0 Å². The second-order valence-electron chi connectivity index (χ2n) is 14.1. The number of nitrogens with one attached hydrogen (secondary N) is 1. The number of amides is 1. The van der Waals surface area contributed by atoms with E-state index < -0.39 is 18.2 Å². The number of aliphatic hydroxyl groups is 2. The van der Waals surface area contributed by atoms with Gasteiger partial charge in [-0.3, -0.25) is 9.59 Å². The maximum atomic E-state index is 13.0. The normalized spacial score (nSPS) is 14.2. The molecule has 6 heteroatoms. The Kier molecular flexibility index (Phi) is 37.5. The van der Waals surface area contributed by atoms with Crippen molar-refractivity contribution in [1.29, 1.82) is 0 Å². The molecule has 0 aliphatic heterocycles. The van der Waals surface area contributed by atoms with Gasteiger partial charge in [0.05, 0.1) is 25.2 Å². The Morgan fingerprint density at radius 1 is 0.577 bits per heavy atom. The molecule has 0 aliphatic rings. The molecule has 1 amide bonds. The van der Waals surface area contributed by atoms with Crippen molar-refractivity contribution in [1.82, 2.24) is 5.32 Å². The van der Waals surface area contributed by atoms with Gasteiger partial charge in [-0.1, -0.05) is 177 Å². The fraction of sp³-hybridized carbons (Fsp3) is 0.696. The van der Waals surface area contributed by atoms with Gasteiger partial charge >= 0.3 is 5.97 Å². The lowest BCUT2D eigenvalue weighted by atomic mass is 10.0. The minimum atomic E-state index is -0.798. The number of hydrogen-bond donors (Lipinski definition) is 3. The number of carbonyl (C=O) groups is 2. The molecule has 0 rings (SSSR count). The Bertz CT molecular complexity index is 995. The second kappa shape index (κ2) is 39.5. The van der Waals surface area contributed by atoms with Crippen molar-refractivity contribution in [2.75, 3.05) is 6.61 Å². The van der Waals surface area contributed by atoms with Crippen LogP contribution in [0.4, 0.5) is 0 Å². The molecule has 0 heterocycles. The lowest BCUT2D eigenvalue weighted by Gasteiger charge is -2.24. The van der Waals surface area contributed by atoms with Crippen molar-refractivity contribution in [3.8, 4) is 0 Å². The number of allylic oxidation sites excluding steroid dienone is 12. The summed E-state index contributed by atoms with van der Waals surface area (Å²) >= 11 is 0. The Labute approximate surface area is 320 Å². The fourth-order valence-electron chi connectivity index (χ4n) is 5.92. The van der Waals surface area contributed by atoms with Gasteiger partial charge in [0.25, 0.3) is 0 Å². The molecule has 298 valence electrons. The topological polar surface area (TPSA) is 95.9 Å². The van der Waals surface area contributed by atoms with E-state index in [2.05, 4.69) is 56.5 Å². The summed E-state index contributed by atoms with van der Waals surface area (Å²) < 4.78 is 5.84. The summed E-state index contributed by atoms with van der Waals surface area (Å²) in [5.74, 6) is -0.553. The molecule has 0 saturated heterocycles. The molecule has 3 N–H and O–H groups in total. The summed E-state index contributed by atoms with van der Waals surface area (Å²) in [6, 6.07) is -0.714. The van der Waals surface area contributed by atoms with Gasteiger partial charge in [0.2, 0.25) is 5.91 Å². The zero-order valence-corrected chi connectivity index (χ0v) is 33.7. The van der Waals surface area contributed by atoms with E-state index in [4.69, 9.17) is 4.74 Å². The molecule has 0 aliphatic carbocycles. The highest BCUT2D eigenvalue weighted by atomic mass is 16.5. The maximum absolute atomic E-state index is 13.0. The molecule has 0 aromatic carbocycles. The van der Waals surface area contributed by atoms with E-state index in [0.717, 1.165) is 89.9 Å². The van der Waals surface area contributed by atoms with Crippen molar-refractivity contribution < 1.29 is 24.5 Å². The number of carbonyl (C=O) groups excluding carboxylic acids is 2. The molecular weight excluding hydrogens is 647 g/mol. The number of rotatable bonds is 36. The van der Waals surface area contributed by atoms with Crippen LogP contribution in [0.2, 0.25) is 0 Å². The van der Waals surface area contributed by atoms with Crippen molar-refractivity contribution in [2.45, 2.75) is 200 Å². The Morgan fingerprint density at radius 3 is 1.71 bits per heavy atom. The quantitative estimate of drug-likeness (QED) is 0.0259. The van der Waals surface area contributed by atoms with Crippen molar-refractivity contribution >= 4 is 11.9 Å². The summed E-state index contributed by atoms with van der Waals surface area (Å²) in [6.45, 7) is 6.21. The highest BCUT2D eigenvalue weighted by Crippen LogP contribution is 2.16. The van der Waals surface area contributed by atoms with Crippen LogP contribution >= 0.6 is 0 Å². The van der Waals surface area contributed by atoms with Crippen LogP contribution in [0.5, 0.6) is 0 Å². The standard InChI is InChI=1S/C46H79NO5/c1-4-7-10-13-16-19-21-22-23-24-25-27-30-33-36-39-46(51)52-42(37-34-31-28-18-15-12-9-6-3)40-45(50)47-43(41-48)44(49)38-35-32-29-26-20-17-14-11-8-5-2/h7,10,12-13,15-16,19,21-25,42-44,48-49H,4-6,8-9,11,14,17-18,20,26-41H2,1-3H3,(H,47,50)/b10-7+,15-12-,16-13+,21-19-,23-22-,25-24+. The predicted octanol–water partition coefficient (Wildman–Crippen LogP) is 11.9. The summed E-state index contributed by atoms with van der Waals surface area (Å²) in [5.41, 5.74) is 0. The zero-order valence-electron chi connectivity index (χ0n) is 33.7. The van der Waals surface area contributed by atoms with Crippen LogP contribution in [0.1, 0.15) is 181 Å². The van der Waals surface area contributed by atoms with Gasteiger partial charge in [0.15, 0.2) is 0 Å². The summed E-state index contributed by atoms with van der Waals surface area (Å²) in [7, 11) is 0. The average molecular weight is 726 g/mol. The second-order valence-corrected chi connectivity index (χ2v) is 14.1. The van der Waals surface area contributed by atoms with Crippen LogP contribution in [0.3, 0.4) is 0 Å². The lowest BCUT2D eigenvalue weighted by molar-refractivity contribution is -0.151. The zero-order chi connectivity index (χ0) is 38.2. The average Bonchev–Trinajstić information content (AvgIpc) is 3.13. The summed E-state index contributed by atoms with van der Waals surface area (Å²) in [4.78, 5) is 25.8. The largest absolute Gasteiger partial charge is 0.462 e. The third-order valence-electron chi connectivity index (χ3n) is 9.13. The molecular formula is C46H79NO5. The molecule has 0 aromatic rings. The fourth-order valence-corrected chi connectivity index (χ4v) is 5.92. The molecule has 52 heavy (non-hydrogen) atoms. The number of aliphatic hydroxyl groups excluding tert-OH is 2. The number of unbranched alkanes of at least 4 members (excludes halogenated alkanes) is 16. The summed E-state index contributed by atoms with van der Waals surface area (Å²) in [6.07, 6.45) is 48.2. The minimum absolute atomic E-state index is 0.0450. The van der Waals surface area contributed by atoms with Gasteiger partial charge in [-0.2, -0.15) is 0 Å². The van der Waals surface area contributed by atoms with E-state index in [0.29, 0.717) is 19.3 Å². The van der Waals surface area contributed by atoms with Crippen LogP contribution < -0.4 is 5.32 Å². The number of esters is 1. The van der Waals surface area contributed by atoms with Gasteiger partial charge in [0, 0.05) is 6.42 Å². The SMILES string of the molecule is CC/C=C/C=C/C=C\C=C/C=C/CCCCCC(=O)OC(CCCCC/C=C\CCC)CC(=O)NC(CO)C(O)CCCCCCCCCCCC. The van der Waals surface area contributed by atoms with Crippen molar-refractivity contribution in [3.63, 3.8) is 0 Å². The molecule has 0 saturated carbocycles. The molecule has 6 nitrogen and oxygen atoms in total. The third kappa shape index (κ3) is 34.4.